The molecule has 2 rings (SSSR count). The van der Waals surface area contributed by atoms with E-state index in [1.807, 2.05) is 0 Å². The molecule has 0 aromatic heterocycles. The van der Waals surface area contributed by atoms with E-state index in [2.05, 4.69) is 26.3 Å². The molecule has 14 heteroatoms. The van der Waals surface area contributed by atoms with Crippen LogP contribution in [0.4, 0.5) is 0 Å². The van der Waals surface area contributed by atoms with Crippen LogP contribution in [-0.2, 0) is 30.4 Å². The highest BCUT2D eigenvalue weighted by atomic mass is 16.4. The summed E-state index contributed by atoms with van der Waals surface area (Å²) < 4.78 is 0. The van der Waals surface area contributed by atoms with Crippen molar-refractivity contribution < 1.29 is 29.1 Å². The van der Waals surface area contributed by atoms with Crippen molar-refractivity contribution in [1.82, 2.24) is 21.3 Å². The zero-order valence-electron chi connectivity index (χ0n) is 21.7. The highest BCUT2D eigenvalue weighted by Crippen LogP contribution is 2.09. The molecule has 11 N–H and O–H groups in total. The summed E-state index contributed by atoms with van der Waals surface area (Å²) in [4.78, 5) is 66.0. The molecule has 0 unspecified atom stereocenters. The van der Waals surface area contributed by atoms with Gasteiger partial charge in [-0.25, -0.2) is 4.79 Å². The molecule has 214 valence electrons. The lowest BCUT2D eigenvalue weighted by atomic mass is 10.0. The maximum absolute atomic E-state index is 13.4. The smallest absolute Gasteiger partial charge is 0.326 e. The molecule has 0 aliphatic carbocycles. The van der Waals surface area contributed by atoms with Crippen molar-refractivity contribution in [2.45, 2.75) is 69.1 Å². The van der Waals surface area contributed by atoms with Gasteiger partial charge in [0.15, 0.2) is 5.96 Å². The third kappa shape index (κ3) is 11.4. The zero-order valence-corrected chi connectivity index (χ0v) is 21.7. The van der Waals surface area contributed by atoms with E-state index in [4.69, 9.17) is 17.2 Å². The molecule has 1 saturated heterocycles. The van der Waals surface area contributed by atoms with E-state index < -0.39 is 47.9 Å². The van der Waals surface area contributed by atoms with E-state index in [0.717, 1.165) is 6.42 Å². The second kappa shape index (κ2) is 15.9. The monoisotopic (exact) mass is 546 g/mol. The number of carbonyl (C=O) groups excluding carboxylic acids is 4. The number of benzene rings is 1. The van der Waals surface area contributed by atoms with Crippen LogP contribution in [0.5, 0.6) is 0 Å². The predicted octanol–water partition coefficient (Wildman–Crippen LogP) is -2.16. The van der Waals surface area contributed by atoms with Gasteiger partial charge in [-0.05, 0) is 44.2 Å². The number of primary amides is 1. The minimum atomic E-state index is -1.39. The molecule has 1 aromatic rings. The van der Waals surface area contributed by atoms with Crippen LogP contribution in [0.15, 0.2) is 35.3 Å². The van der Waals surface area contributed by atoms with E-state index in [-0.39, 0.29) is 44.1 Å². The number of hydrogen-bond acceptors (Lipinski definition) is 7. The third-order valence-electron chi connectivity index (χ3n) is 6.16. The summed E-state index contributed by atoms with van der Waals surface area (Å²) in [5.74, 6) is -3.86. The molecule has 1 fully saturated rings. The molecule has 0 radical (unpaired) electrons. The van der Waals surface area contributed by atoms with Crippen molar-refractivity contribution in [3.05, 3.63) is 35.9 Å². The fourth-order valence-corrected chi connectivity index (χ4v) is 4.10. The van der Waals surface area contributed by atoms with Gasteiger partial charge in [-0.15, -0.1) is 0 Å². The molecule has 1 aromatic carbocycles. The number of nitrogens with zero attached hydrogens (tertiary/aromatic N) is 1. The Bertz CT molecular complexity index is 1020. The number of nitrogens with one attached hydrogen (secondary N) is 4. The second-order valence-corrected chi connectivity index (χ2v) is 9.31. The Balaban J connectivity index is 2.20. The van der Waals surface area contributed by atoms with Crippen LogP contribution in [0.1, 0.15) is 44.1 Å². The van der Waals surface area contributed by atoms with E-state index in [1.54, 1.807) is 30.3 Å². The molecule has 4 atom stereocenters. The highest BCUT2D eigenvalue weighted by molar-refractivity contribution is 5.94. The average molecular weight is 547 g/mol. The van der Waals surface area contributed by atoms with Crippen LogP contribution in [0.3, 0.4) is 0 Å². The van der Waals surface area contributed by atoms with Gasteiger partial charge in [0.2, 0.25) is 23.6 Å². The summed E-state index contributed by atoms with van der Waals surface area (Å²) in [5, 5.41) is 20.4. The number of aliphatic imine (C=N–C) groups is 1. The van der Waals surface area contributed by atoms with Crippen molar-refractivity contribution >= 4 is 35.6 Å². The summed E-state index contributed by atoms with van der Waals surface area (Å²) in [7, 11) is 0. The average Bonchev–Trinajstić information content (AvgIpc) is 3.43. The van der Waals surface area contributed by atoms with Gasteiger partial charge in [0.25, 0.3) is 0 Å². The minimum Gasteiger partial charge on any atom is -0.480 e. The first-order chi connectivity index (χ1) is 18.6. The summed E-state index contributed by atoms with van der Waals surface area (Å²) in [6.45, 7) is 0.928. The van der Waals surface area contributed by atoms with Gasteiger partial charge in [-0.3, -0.25) is 24.2 Å². The van der Waals surface area contributed by atoms with E-state index in [1.165, 1.54) is 0 Å². The maximum atomic E-state index is 13.4. The molecule has 14 nitrogen and oxygen atoms in total. The van der Waals surface area contributed by atoms with E-state index >= 15 is 0 Å². The van der Waals surface area contributed by atoms with Crippen LogP contribution in [0.25, 0.3) is 0 Å². The Kier molecular flexibility index (Phi) is 12.7. The molecular formula is C25H38N8O6. The lowest BCUT2D eigenvalue weighted by Gasteiger charge is -2.25. The largest absolute Gasteiger partial charge is 0.480 e. The maximum Gasteiger partial charge on any atom is 0.326 e. The van der Waals surface area contributed by atoms with Gasteiger partial charge >= 0.3 is 5.97 Å². The van der Waals surface area contributed by atoms with Gasteiger partial charge in [-0.2, -0.15) is 0 Å². The molecule has 39 heavy (non-hydrogen) atoms. The van der Waals surface area contributed by atoms with Gasteiger partial charge in [-0.1, -0.05) is 30.3 Å². The van der Waals surface area contributed by atoms with Crippen LogP contribution >= 0.6 is 0 Å². The number of carboxylic acid groups (broad SMARTS) is 1. The Morgan fingerprint density at radius 2 is 1.62 bits per heavy atom. The third-order valence-corrected chi connectivity index (χ3v) is 6.16. The number of rotatable bonds is 16. The number of nitrogens with two attached hydrogens (primary N) is 3. The first kappa shape index (κ1) is 31.0. The second-order valence-electron chi connectivity index (χ2n) is 9.31. The standard InChI is InChI=1S/C25H38N8O6/c26-20(34)11-10-18(24(38)39)32-23(37)19(14-15-6-2-1-3-7-15)33-22(36)17(9-5-13-30-25(27)28)31-21(35)16-8-4-12-29-16/h1-3,6-7,16-19,29H,4-5,8-14H2,(H2,26,34)(H,31,35)(H,32,37)(H,33,36)(H,38,39)(H4,27,28,30)/t16-,17-,18-,19-/m0/s1. The van der Waals surface area contributed by atoms with E-state index in [0.29, 0.717) is 24.9 Å². The first-order valence-corrected chi connectivity index (χ1v) is 12.8. The summed E-state index contributed by atoms with van der Waals surface area (Å²) in [5.41, 5.74) is 16.6. The fourth-order valence-electron chi connectivity index (χ4n) is 4.10. The molecule has 0 bridgehead atoms. The predicted molar refractivity (Wildman–Crippen MR) is 143 cm³/mol. The van der Waals surface area contributed by atoms with Gasteiger partial charge in [0.05, 0.1) is 6.04 Å². The number of guanidine groups is 1. The van der Waals surface area contributed by atoms with Gasteiger partial charge in [0.1, 0.15) is 18.1 Å². The van der Waals surface area contributed by atoms with Crippen LogP contribution in [0, 0.1) is 0 Å². The van der Waals surface area contributed by atoms with Gasteiger partial charge < -0.3 is 43.6 Å². The zero-order chi connectivity index (χ0) is 28.8. The number of hydrogen-bond donors (Lipinski definition) is 8. The number of aliphatic carboxylic acids is 1. The lowest BCUT2D eigenvalue weighted by Crippen LogP contribution is -2.57. The highest BCUT2D eigenvalue weighted by Gasteiger charge is 2.31. The van der Waals surface area contributed by atoms with Crippen molar-refractivity contribution in [2.24, 2.45) is 22.2 Å². The summed E-state index contributed by atoms with van der Waals surface area (Å²) in [6.07, 6.45) is 1.63. The SMILES string of the molecule is NC(=O)CC[C@H](NC(=O)[C@H](Cc1ccccc1)NC(=O)[C@H](CCCN=C(N)N)NC(=O)[C@@H]1CCCN1)C(=O)O. The summed E-state index contributed by atoms with van der Waals surface area (Å²) in [6, 6.07) is 4.86. The van der Waals surface area contributed by atoms with Crippen LogP contribution in [-0.4, -0.2) is 77.9 Å². The van der Waals surface area contributed by atoms with Crippen molar-refractivity contribution in [3.8, 4) is 0 Å². The molecular weight excluding hydrogens is 508 g/mol. The molecule has 0 saturated carbocycles. The van der Waals surface area contributed by atoms with Gasteiger partial charge in [0, 0.05) is 19.4 Å². The lowest BCUT2D eigenvalue weighted by molar-refractivity contribution is -0.142. The normalized spacial score (nSPS) is 16.8. The Morgan fingerprint density at radius 3 is 2.21 bits per heavy atom. The molecule has 1 heterocycles. The van der Waals surface area contributed by atoms with E-state index in [9.17, 15) is 29.1 Å². The van der Waals surface area contributed by atoms with Crippen LogP contribution in [0.2, 0.25) is 0 Å². The quantitative estimate of drug-likeness (QED) is 0.0638. The first-order valence-electron chi connectivity index (χ1n) is 12.8. The Labute approximate surface area is 226 Å². The Hall–Kier alpha value is -4.20. The molecule has 4 amide bonds. The summed E-state index contributed by atoms with van der Waals surface area (Å²) >= 11 is 0. The topological polar surface area (TPSA) is 244 Å². The molecule has 1 aliphatic rings. The van der Waals surface area contributed by atoms with Crippen molar-refractivity contribution in [1.29, 1.82) is 0 Å². The molecule has 0 spiro atoms. The van der Waals surface area contributed by atoms with Crippen LogP contribution < -0.4 is 38.5 Å². The Morgan fingerprint density at radius 1 is 0.949 bits per heavy atom. The number of carboxylic acids is 1. The fraction of sp³-hybridized carbons (Fsp3) is 0.520. The van der Waals surface area contributed by atoms with Crippen molar-refractivity contribution in [3.63, 3.8) is 0 Å². The molecule has 1 aliphatic heterocycles. The minimum absolute atomic E-state index is 0.0550. The number of amides is 4. The number of carbonyl (C=O) groups is 5. The van der Waals surface area contributed by atoms with Crippen molar-refractivity contribution in [2.75, 3.05) is 13.1 Å².